The van der Waals surface area contributed by atoms with Crippen LogP contribution in [0.4, 0.5) is 0 Å². The molecule has 0 aliphatic rings. The van der Waals surface area contributed by atoms with E-state index in [1.165, 1.54) is 4.80 Å². The number of carbonyl (C=O) groups excluding carboxylic acids is 1. The molecule has 23 heavy (non-hydrogen) atoms. The van der Waals surface area contributed by atoms with Gasteiger partial charge in [0.25, 0.3) is 5.91 Å². The second-order valence-electron chi connectivity index (χ2n) is 4.72. The zero-order chi connectivity index (χ0) is 16.1. The van der Waals surface area contributed by atoms with Crippen molar-refractivity contribution in [3.63, 3.8) is 0 Å². The number of amides is 1. The number of rotatable bonds is 5. The first kappa shape index (κ1) is 14.6. The summed E-state index contributed by atoms with van der Waals surface area (Å²) in [5.41, 5.74) is 3.84. The molecule has 1 aromatic carbocycles. The van der Waals surface area contributed by atoms with Gasteiger partial charge in [0.15, 0.2) is 0 Å². The van der Waals surface area contributed by atoms with Crippen molar-refractivity contribution in [3.8, 4) is 11.4 Å². The fraction of sp³-hybridized carbons (Fsp3) is 0.133. The summed E-state index contributed by atoms with van der Waals surface area (Å²) in [4.78, 5) is 13.1. The van der Waals surface area contributed by atoms with Crippen molar-refractivity contribution in [3.05, 3.63) is 54.5 Å². The molecule has 2 aromatic heterocycles. The van der Waals surface area contributed by atoms with E-state index in [9.17, 15) is 4.79 Å². The van der Waals surface area contributed by atoms with Gasteiger partial charge in [-0.1, -0.05) is 30.3 Å². The van der Waals surface area contributed by atoms with Gasteiger partial charge in [-0.3, -0.25) is 4.79 Å². The maximum atomic E-state index is 11.9. The molecule has 2 heterocycles. The van der Waals surface area contributed by atoms with Crippen molar-refractivity contribution in [2.24, 2.45) is 5.10 Å². The molecule has 0 radical (unpaired) electrons. The number of hydrogen-bond donors (Lipinski definition) is 1. The number of aromatic nitrogens is 4. The van der Waals surface area contributed by atoms with Gasteiger partial charge in [-0.2, -0.15) is 9.90 Å². The number of hydrazone groups is 1. The Hall–Kier alpha value is -3.29. The molecule has 8 nitrogen and oxygen atoms in total. The predicted octanol–water partition coefficient (Wildman–Crippen LogP) is 1.47. The van der Waals surface area contributed by atoms with E-state index >= 15 is 0 Å². The molecule has 0 spiro atoms. The van der Waals surface area contributed by atoms with Crippen LogP contribution < -0.4 is 5.43 Å². The van der Waals surface area contributed by atoms with Crippen LogP contribution in [0.2, 0.25) is 0 Å². The minimum absolute atomic E-state index is 0.0746. The van der Waals surface area contributed by atoms with Crippen LogP contribution in [0.3, 0.4) is 0 Å². The highest BCUT2D eigenvalue weighted by atomic mass is 16.3. The number of nitrogens with zero attached hydrogens (tertiary/aromatic N) is 5. The third-order valence-electron chi connectivity index (χ3n) is 3.00. The summed E-state index contributed by atoms with van der Waals surface area (Å²) < 4.78 is 5.18. The van der Waals surface area contributed by atoms with Gasteiger partial charge in [-0.05, 0) is 24.3 Å². The van der Waals surface area contributed by atoms with Gasteiger partial charge < -0.3 is 4.42 Å². The van der Waals surface area contributed by atoms with Gasteiger partial charge in [0.1, 0.15) is 18.0 Å². The van der Waals surface area contributed by atoms with Gasteiger partial charge >= 0.3 is 0 Å². The predicted molar refractivity (Wildman–Crippen MR) is 82.3 cm³/mol. The number of tetrazole rings is 1. The molecule has 1 N–H and O–H groups in total. The smallest absolute Gasteiger partial charge is 0.263 e. The molecule has 0 bridgehead atoms. The van der Waals surface area contributed by atoms with E-state index in [0.29, 0.717) is 17.3 Å². The number of furan rings is 1. The lowest BCUT2D eigenvalue weighted by Crippen LogP contribution is -2.25. The number of hydrogen-bond acceptors (Lipinski definition) is 6. The SMILES string of the molecule is C/C(=N\NC(=O)Cn1nnc(-c2ccccc2)n1)c1ccco1. The minimum Gasteiger partial charge on any atom is -0.463 e. The minimum atomic E-state index is -0.354. The second kappa shape index (κ2) is 6.65. The van der Waals surface area contributed by atoms with Crippen LogP contribution in [0.25, 0.3) is 11.4 Å². The van der Waals surface area contributed by atoms with Crippen LogP contribution in [0.1, 0.15) is 12.7 Å². The van der Waals surface area contributed by atoms with E-state index < -0.39 is 0 Å². The first-order valence-corrected chi connectivity index (χ1v) is 6.92. The normalized spacial score (nSPS) is 11.4. The van der Waals surface area contributed by atoms with Gasteiger partial charge in [0, 0.05) is 5.56 Å². The van der Waals surface area contributed by atoms with Crippen molar-refractivity contribution in [1.82, 2.24) is 25.6 Å². The molecule has 0 saturated carbocycles. The summed E-state index contributed by atoms with van der Waals surface area (Å²) in [5.74, 6) is 0.706. The largest absolute Gasteiger partial charge is 0.463 e. The maximum absolute atomic E-state index is 11.9. The average Bonchev–Trinajstić information content (AvgIpc) is 3.25. The Morgan fingerprint density at radius 3 is 2.83 bits per heavy atom. The quantitative estimate of drug-likeness (QED) is 0.568. The summed E-state index contributed by atoms with van der Waals surface area (Å²) >= 11 is 0. The molecule has 1 amide bonds. The Kier molecular flexibility index (Phi) is 4.23. The van der Waals surface area contributed by atoms with Gasteiger partial charge in [0.2, 0.25) is 5.82 Å². The fourth-order valence-corrected chi connectivity index (χ4v) is 1.86. The lowest BCUT2D eigenvalue weighted by molar-refractivity contribution is -0.122. The van der Waals surface area contributed by atoms with Gasteiger partial charge in [-0.25, -0.2) is 5.43 Å². The molecule has 0 atom stereocenters. The van der Waals surface area contributed by atoms with Crippen LogP contribution in [0.5, 0.6) is 0 Å². The second-order valence-corrected chi connectivity index (χ2v) is 4.72. The molecular formula is C15H14N6O2. The van der Waals surface area contributed by atoms with E-state index in [1.807, 2.05) is 30.3 Å². The summed E-state index contributed by atoms with van der Waals surface area (Å²) in [6.07, 6.45) is 1.54. The lowest BCUT2D eigenvalue weighted by atomic mass is 10.2. The molecule has 116 valence electrons. The van der Waals surface area contributed by atoms with E-state index in [-0.39, 0.29) is 12.5 Å². The molecule has 8 heteroatoms. The van der Waals surface area contributed by atoms with E-state index in [0.717, 1.165) is 5.56 Å². The van der Waals surface area contributed by atoms with Crippen molar-refractivity contribution >= 4 is 11.6 Å². The third-order valence-corrected chi connectivity index (χ3v) is 3.00. The molecule has 0 unspecified atom stereocenters. The van der Waals surface area contributed by atoms with Crippen LogP contribution in [-0.4, -0.2) is 31.8 Å². The molecule has 0 saturated heterocycles. The van der Waals surface area contributed by atoms with Crippen LogP contribution >= 0.6 is 0 Å². The van der Waals surface area contributed by atoms with E-state index in [1.54, 1.807) is 25.3 Å². The zero-order valence-corrected chi connectivity index (χ0v) is 12.4. The Balaban J connectivity index is 1.60. The molecule has 0 aliphatic heterocycles. The monoisotopic (exact) mass is 310 g/mol. The van der Waals surface area contributed by atoms with Crippen molar-refractivity contribution < 1.29 is 9.21 Å². The fourth-order valence-electron chi connectivity index (χ4n) is 1.86. The standard InChI is InChI=1S/C15H14N6O2/c1-11(13-8-5-9-23-13)16-17-14(22)10-21-19-15(18-20-21)12-6-3-2-4-7-12/h2-9H,10H2,1H3,(H,17,22)/b16-11+. The van der Waals surface area contributed by atoms with Crippen molar-refractivity contribution in [2.45, 2.75) is 13.5 Å². The van der Waals surface area contributed by atoms with Gasteiger partial charge in [-0.15, -0.1) is 10.2 Å². The molecule has 3 aromatic rings. The maximum Gasteiger partial charge on any atom is 0.263 e. The topological polar surface area (TPSA) is 98.2 Å². The first-order valence-electron chi connectivity index (χ1n) is 6.92. The lowest BCUT2D eigenvalue weighted by Gasteiger charge is -2.00. The van der Waals surface area contributed by atoms with Gasteiger partial charge in [0.05, 0.1) is 6.26 Å². The highest BCUT2D eigenvalue weighted by molar-refractivity contribution is 5.96. The molecular weight excluding hydrogens is 296 g/mol. The highest BCUT2D eigenvalue weighted by Crippen LogP contribution is 2.11. The number of carbonyl (C=O) groups is 1. The summed E-state index contributed by atoms with van der Waals surface area (Å²) in [5, 5.41) is 15.9. The van der Waals surface area contributed by atoms with Crippen molar-refractivity contribution in [2.75, 3.05) is 0 Å². The summed E-state index contributed by atoms with van der Waals surface area (Å²) in [6.45, 7) is 1.66. The Labute approximate surface area is 131 Å². The molecule has 0 fully saturated rings. The summed E-state index contributed by atoms with van der Waals surface area (Å²) in [7, 11) is 0. The summed E-state index contributed by atoms with van der Waals surface area (Å²) in [6, 6.07) is 12.9. The third kappa shape index (κ3) is 3.67. The molecule has 3 rings (SSSR count). The number of benzene rings is 1. The van der Waals surface area contributed by atoms with Crippen molar-refractivity contribution in [1.29, 1.82) is 0 Å². The average molecular weight is 310 g/mol. The first-order chi connectivity index (χ1) is 11.2. The van der Waals surface area contributed by atoms with E-state index in [4.69, 9.17) is 4.42 Å². The van der Waals surface area contributed by atoms with E-state index in [2.05, 4.69) is 25.9 Å². The molecule has 0 aliphatic carbocycles. The zero-order valence-electron chi connectivity index (χ0n) is 12.4. The Morgan fingerprint density at radius 2 is 2.09 bits per heavy atom. The highest BCUT2D eigenvalue weighted by Gasteiger charge is 2.09. The number of nitrogens with one attached hydrogen (secondary N) is 1. The van der Waals surface area contributed by atoms with Crippen LogP contribution in [0, 0.1) is 0 Å². The Morgan fingerprint density at radius 1 is 1.26 bits per heavy atom. The Bertz CT molecular complexity index is 808. The van der Waals surface area contributed by atoms with Crippen LogP contribution in [0.15, 0.2) is 58.2 Å². The van der Waals surface area contributed by atoms with Crippen LogP contribution in [-0.2, 0) is 11.3 Å².